The molecule has 0 amide bonds. The van der Waals surface area contributed by atoms with Crippen LogP contribution in [0.15, 0.2) is 30.3 Å². The highest BCUT2D eigenvalue weighted by Crippen LogP contribution is 2.39. The fourth-order valence-electron chi connectivity index (χ4n) is 1.82. The Labute approximate surface area is 166 Å². The first-order valence-corrected chi connectivity index (χ1v) is 11.1. The van der Waals surface area contributed by atoms with Gasteiger partial charge in [0.15, 0.2) is 0 Å². The second-order valence-corrected chi connectivity index (χ2v) is 9.80. The van der Waals surface area contributed by atoms with Crippen molar-refractivity contribution in [3.8, 4) is 0 Å². The topological polar surface area (TPSA) is 74.8 Å². The number of halogens is 5. The van der Waals surface area contributed by atoms with Gasteiger partial charge in [0.05, 0.1) is 5.69 Å². The van der Waals surface area contributed by atoms with E-state index in [1.165, 1.54) is 25.7 Å². The molecule has 0 aliphatic rings. The Morgan fingerprint density at radius 3 is 1.46 bits per heavy atom. The molecule has 0 radical (unpaired) electrons. The Morgan fingerprint density at radius 2 is 1.21 bits per heavy atom. The van der Waals surface area contributed by atoms with E-state index in [-0.39, 0.29) is 0 Å². The van der Waals surface area contributed by atoms with Crippen molar-refractivity contribution in [2.45, 2.75) is 30.9 Å². The van der Waals surface area contributed by atoms with Crippen molar-refractivity contribution in [3.05, 3.63) is 30.3 Å². The Morgan fingerprint density at radius 1 is 0.821 bits per heavy atom. The molecule has 164 valence electrons. The Kier molecular flexibility index (Phi) is 9.67. The van der Waals surface area contributed by atoms with Crippen LogP contribution in [0, 0.1) is 0 Å². The van der Waals surface area contributed by atoms with E-state index in [0.29, 0.717) is 12.1 Å². The molecule has 0 saturated carbocycles. The molecular formula is C14H21F5N2O4S3. The third-order valence-electron chi connectivity index (χ3n) is 3.35. The van der Waals surface area contributed by atoms with Gasteiger partial charge in [-0.2, -0.15) is 42.5 Å². The van der Waals surface area contributed by atoms with Gasteiger partial charge in [-0.25, -0.2) is 0 Å². The number of para-hydroxylation sites is 1. The number of hydrogen-bond acceptors (Lipinski definition) is 6. The van der Waals surface area contributed by atoms with Gasteiger partial charge in [-0.15, -0.1) is 0 Å². The van der Waals surface area contributed by atoms with Crippen molar-refractivity contribution in [2.75, 3.05) is 23.3 Å². The molecule has 14 heteroatoms. The van der Waals surface area contributed by atoms with E-state index in [9.17, 15) is 38.8 Å². The molecule has 1 aromatic rings. The molecular weight excluding hydrogens is 451 g/mol. The number of hydrogen-bond donors (Lipinski definition) is 1. The minimum Gasteiger partial charge on any atom is -0.304 e. The zero-order chi connectivity index (χ0) is 22.4. The number of sulfonamides is 2. The van der Waals surface area contributed by atoms with Crippen molar-refractivity contribution < 1.29 is 38.8 Å². The zero-order valence-corrected chi connectivity index (χ0v) is 17.7. The molecule has 28 heavy (non-hydrogen) atoms. The molecule has 1 aromatic carbocycles. The van der Waals surface area contributed by atoms with Gasteiger partial charge < -0.3 is 4.90 Å². The number of thiol groups is 1. The molecule has 0 heterocycles. The summed E-state index contributed by atoms with van der Waals surface area (Å²) >= 11 is 2.36. The molecule has 0 aliphatic carbocycles. The van der Waals surface area contributed by atoms with Crippen LogP contribution < -0.4 is 3.71 Å². The third kappa shape index (κ3) is 6.46. The SMILES string of the molecule is CCN(CC)CC.O=S(=O)(N(c1ccccc1)S(=O)(=O)C(F)(F)S)C(F)(F)F. The number of alkyl halides is 5. The monoisotopic (exact) mass is 472 g/mol. The second-order valence-electron chi connectivity index (χ2n) is 5.09. The van der Waals surface area contributed by atoms with Gasteiger partial charge >= 0.3 is 30.1 Å². The van der Waals surface area contributed by atoms with Crippen LogP contribution in [0.3, 0.4) is 0 Å². The van der Waals surface area contributed by atoms with Crippen LogP contribution in [0.5, 0.6) is 0 Å². The molecule has 0 N–H and O–H groups in total. The lowest BCUT2D eigenvalue weighted by Gasteiger charge is -2.26. The molecule has 0 fully saturated rings. The minimum absolute atomic E-state index is 0.611. The molecule has 1 rings (SSSR count). The van der Waals surface area contributed by atoms with Crippen molar-refractivity contribution in [1.29, 1.82) is 0 Å². The van der Waals surface area contributed by atoms with Crippen LogP contribution in [0.1, 0.15) is 20.8 Å². The molecule has 6 nitrogen and oxygen atoms in total. The van der Waals surface area contributed by atoms with Gasteiger partial charge in [-0.05, 0) is 31.8 Å². The zero-order valence-electron chi connectivity index (χ0n) is 15.2. The summed E-state index contributed by atoms with van der Waals surface area (Å²) in [4.78, 5) is 2.38. The third-order valence-corrected chi connectivity index (χ3v) is 7.72. The van der Waals surface area contributed by atoms with Gasteiger partial charge in [-0.1, -0.05) is 51.6 Å². The van der Waals surface area contributed by atoms with E-state index in [2.05, 4.69) is 38.3 Å². The van der Waals surface area contributed by atoms with Crippen molar-refractivity contribution in [1.82, 2.24) is 4.90 Å². The normalized spacial score (nSPS) is 13.1. The van der Waals surface area contributed by atoms with E-state index in [4.69, 9.17) is 0 Å². The minimum atomic E-state index is -6.62. The van der Waals surface area contributed by atoms with Gasteiger partial charge in [0.25, 0.3) is 0 Å². The maximum absolute atomic E-state index is 13.0. The predicted octanol–water partition coefficient (Wildman–Crippen LogP) is 3.50. The average Bonchev–Trinajstić information content (AvgIpc) is 2.55. The lowest BCUT2D eigenvalue weighted by molar-refractivity contribution is -0.0434. The molecule has 0 aliphatic heterocycles. The molecule has 0 unspecified atom stereocenters. The lowest BCUT2D eigenvalue weighted by Crippen LogP contribution is -2.49. The average molecular weight is 473 g/mol. The first-order chi connectivity index (χ1) is 12.6. The summed E-state index contributed by atoms with van der Waals surface area (Å²) in [5, 5.41) is 0. The van der Waals surface area contributed by atoms with E-state index >= 15 is 0 Å². The summed E-state index contributed by atoms with van der Waals surface area (Å²) in [6, 6.07) is 4.38. The Hall–Kier alpha value is -1.12. The second kappa shape index (κ2) is 10.1. The van der Waals surface area contributed by atoms with E-state index in [1.54, 1.807) is 0 Å². The fraction of sp³-hybridized carbons (Fsp3) is 0.571. The highest BCUT2D eigenvalue weighted by atomic mass is 32.3. The predicted molar refractivity (Wildman–Crippen MR) is 100 cm³/mol. The van der Waals surface area contributed by atoms with Gasteiger partial charge in [-0.3, -0.25) is 0 Å². The van der Waals surface area contributed by atoms with Gasteiger partial charge in [0, 0.05) is 0 Å². The van der Waals surface area contributed by atoms with E-state index < -0.39 is 39.5 Å². The summed E-state index contributed by atoms with van der Waals surface area (Å²) in [6.07, 6.45) is 0. The summed E-state index contributed by atoms with van der Waals surface area (Å²) < 4.78 is 103. The van der Waals surface area contributed by atoms with Crippen LogP contribution in [0.4, 0.5) is 27.6 Å². The number of benzene rings is 1. The van der Waals surface area contributed by atoms with Gasteiger partial charge in [0.2, 0.25) is 0 Å². The maximum Gasteiger partial charge on any atom is 0.517 e. The summed E-state index contributed by atoms with van der Waals surface area (Å²) in [6.45, 7) is 10.1. The smallest absolute Gasteiger partial charge is 0.304 e. The van der Waals surface area contributed by atoms with Crippen LogP contribution in [-0.4, -0.2) is 51.5 Å². The Balaban J connectivity index is 0.000000887. The van der Waals surface area contributed by atoms with Crippen LogP contribution in [0.25, 0.3) is 0 Å². The highest BCUT2D eigenvalue weighted by molar-refractivity contribution is 8.15. The maximum atomic E-state index is 13.0. The highest BCUT2D eigenvalue weighted by Gasteiger charge is 2.59. The summed E-state index contributed by atoms with van der Waals surface area (Å²) in [5.74, 6) is 0. The first kappa shape index (κ1) is 26.9. The Bertz CT molecular complexity index is 756. The summed E-state index contributed by atoms with van der Waals surface area (Å²) in [5.41, 5.74) is -7.22. The largest absolute Gasteiger partial charge is 0.517 e. The molecule has 0 saturated heterocycles. The lowest BCUT2D eigenvalue weighted by atomic mass is 10.3. The number of rotatable bonds is 7. The molecule has 0 bridgehead atoms. The number of nitrogens with zero attached hydrogens (tertiary/aromatic N) is 2. The number of anilines is 1. The molecule has 0 spiro atoms. The van der Waals surface area contributed by atoms with Crippen molar-refractivity contribution >= 4 is 38.4 Å². The summed E-state index contributed by atoms with van der Waals surface area (Å²) in [7, 11) is -12.9. The standard InChI is InChI=1S/C8H6F5NO4S3.C6H15N/c9-7(10,11)20(15,16)14(6-4-2-1-3-5-6)21(17,18)8(12,13)19;1-4-7(5-2)6-3/h1-5,19H;4-6H2,1-3H3. The van der Waals surface area contributed by atoms with E-state index in [1.807, 2.05) is 0 Å². The quantitative estimate of drug-likeness (QED) is 0.486. The molecule has 0 atom stereocenters. The van der Waals surface area contributed by atoms with Gasteiger partial charge in [0.1, 0.15) is 0 Å². The first-order valence-electron chi connectivity index (χ1n) is 7.81. The van der Waals surface area contributed by atoms with Crippen LogP contribution >= 0.6 is 12.6 Å². The van der Waals surface area contributed by atoms with E-state index in [0.717, 1.165) is 12.1 Å². The van der Waals surface area contributed by atoms with Crippen molar-refractivity contribution in [2.24, 2.45) is 0 Å². The van der Waals surface area contributed by atoms with Crippen LogP contribution in [0.2, 0.25) is 0 Å². The van der Waals surface area contributed by atoms with Crippen molar-refractivity contribution in [3.63, 3.8) is 0 Å². The fourth-order valence-corrected chi connectivity index (χ4v) is 4.99. The van der Waals surface area contributed by atoms with Crippen LogP contribution in [-0.2, 0) is 20.0 Å². The molecule has 0 aromatic heterocycles.